The Bertz CT molecular complexity index is 1060. The van der Waals surface area contributed by atoms with Gasteiger partial charge in [-0.2, -0.15) is 0 Å². The molecule has 5 rings (SSSR count). The molecule has 2 aliphatic heterocycles. The minimum absolute atomic E-state index is 0.0203. The lowest BCUT2D eigenvalue weighted by atomic mass is 10.1. The maximum absolute atomic E-state index is 13.4. The van der Waals surface area contributed by atoms with E-state index in [9.17, 15) is 4.79 Å². The minimum atomic E-state index is 0.0203. The molecular weight excluding hydrogens is 346 g/mol. The van der Waals surface area contributed by atoms with Gasteiger partial charge >= 0.3 is 0 Å². The largest absolute Gasteiger partial charge is 0.337 e. The molecule has 0 radical (unpaired) electrons. The SMILES string of the molecule is CC1Cc2ccccc2N1C(=O)c1cncc(N2c3ccccc3CC2C)c1. The number of benzene rings is 2. The van der Waals surface area contributed by atoms with E-state index in [1.807, 2.05) is 35.4 Å². The monoisotopic (exact) mass is 369 g/mol. The van der Waals surface area contributed by atoms with Crippen molar-refractivity contribution in [2.45, 2.75) is 38.8 Å². The number of fused-ring (bicyclic) bond motifs is 2. The third-order valence-corrected chi connectivity index (χ3v) is 5.88. The Morgan fingerprint density at radius 1 is 0.893 bits per heavy atom. The van der Waals surface area contributed by atoms with Gasteiger partial charge in [0.05, 0.1) is 17.4 Å². The average Bonchev–Trinajstić information content (AvgIpc) is 3.22. The van der Waals surface area contributed by atoms with Gasteiger partial charge in [0.1, 0.15) is 0 Å². The highest BCUT2D eigenvalue weighted by atomic mass is 16.2. The Labute approximate surface area is 165 Å². The molecular formula is C24H23N3O. The van der Waals surface area contributed by atoms with E-state index < -0.39 is 0 Å². The number of aromatic nitrogens is 1. The summed E-state index contributed by atoms with van der Waals surface area (Å²) in [6, 6.07) is 19.1. The molecule has 0 spiro atoms. The van der Waals surface area contributed by atoms with Crippen molar-refractivity contribution < 1.29 is 4.79 Å². The number of hydrogen-bond donors (Lipinski definition) is 0. The Kier molecular flexibility index (Phi) is 3.93. The Morgan fingerprint density at radius 3 is 2.32 bits per heavy atom. The second-order valence-corrected chi connectivity index (χ2v) is 7.84. The normalized spacial score (nSPS) is 20.2. The summed E-state index contributed by atoms with van der Waals surface area (Å²) in [6.45, 7) is 4.32. The molecule has 0 bridgehead atoms. The van der Waals surface area contributed by atoms with Crippen LogP contribution < -0.4 is 9.80 Å². The number of amides is 1. The lowest BCUT2D eigenvalue weighted by Crippen LogP contribution is -2.36. The van der Waals surface area contributed by atoms with E-state index >= 15 is 0 Å². The summed E-state index contributed by atoms with van der Waals surface area (Å²) >= 11 is 0. The predicted octanol–water partition coefficient (Wildman–Crippen LogP) is 4.76. The van der Waals surface area contributed by atoms with E-state index in [1.165, 1.54) is 16.8 Å². The van der Waals surface area contributed by atoms with Gasteiger partial charge in [-0.25, -0.2) is 0 Å². The third-order valence-electron chi connectivity index (χ3n) is 5.88. The van der Waals surface area contributed by atoms with E-state index in [0.717, 1.165) is 24.2 Å². The zero-order valence-corrected chi connectivity index (χ0v) is 16.2. The Hall–Kier alpha value is -3.14. The standard InChI is InChI=1S/C24H23N3O/c1-16-11-18-7-3-5-9-22(18)26(16)21-13-20(14-25-15-21)24(28)27-17(2)12-19-8-4-6-10-23(19)27/h3-10,13-17H,11-12H2,1-2H3. The number of hydrogen-bond acceptors (Lipinski definition) is 3. The second kappa shape index (κ2) is 6.48. The Morgan fingerprint density at radius 2 is 1.54 bits per heavy atom. The van der Waals surface area contributed by atoms with Gasteiger partial charge in [0.25, 0.3) is 5.91 Å². The van der Waals surface area contributed by atoms with E-state index in [0.29, 0.717) is 11.6 Å². The van der Waals surface area contributed by atoms with Crippen LogP contribution in [0.4, 0.5) is 17.1 Å². The molecule has 4 heteroatoms. The topological polar surface area (TPSA) is 36.4 Å². The second-order valence-electron chi connectivity index (χ2n) is 7.84. The van der Waals surface area contributed by atoms with Gasteiger partial charge in [-0.3, -0.25) is 9.78 Å². The molecule has 2 aromatic carbocycles. The van der Waals surface area contributed by atoms with Gasteiger partial charge in [-0.1, -0.05) is 36.4 Å². The summed E-state index contributed by atoms with van der Waals surface area (Å²) < 4.78 is 0. The number of nitrogens with zero attached hydrogens (tertiary/aromatic N) is 3. The Balaban J connectivity index is 1.51. The minimum Gasteiger partial charge on any atom is -0.337 e. The summed E-state index contributed by atoms with van der Waals surface area (Å²) in [4.78, 5) is 22.0. The quantitative estimate of drug-likeness (QED) is 0.654. The molecule has 3 aromatic rings. The molecule has 28 heavy (non-hydrogen) atoms. The first kappa shape index (κ1) is 17.0. The lowest BCUT2D eigenvalue weighted by Gasteiger charge is -2.26. The third kappa shape index (κ3) is 2.60. The van der Waals surface area contributed by atoms with E-state index in [1.54, 1.807) is 6.20 Å². The van der Waals surface area contributed by atoms with Crippen molar-refractivity contribution in [3.8, 4) is 0 Å². The summed E-state index contributed by atoms with van der Waals surface area (Å²) in [7, 11) is 0. The van der Waals surface area contributed by atoms with Gasteiger partial charge in [0, 0.05) is 29.7 Å². The molecule has 0 fully saturated rings. The molecule has 1 amide bonds. The van der Waals surface area contributed by atoms with E-state index in [-0.39, 0.29) is 11.9 Å². The van der Waals surface area contributed by atoms with Crippen molar-refractivity contribution in [2.75, 3.05) is 9.80 Å². The predicted molar refractivity (Wildman–Crippen MR) is 112 cm³/mol. The van der Waals surface area contributed by atoms with Crippen molar-refractivity contribution in [3.63, 3.8) is 0 Å². The van der Waals surface area contributed by atoms with Gasteiger partial charge in [-0.05, 0) is 56.0 Å². The van der Waals surface area contributed by atoms with Crippen LogP contribution in [-0.2, 0) is 12.8 Å². The fourth-order valence-electron chi connectivity index (χ4n) is 4.65. The number of carbonyl (C=O) groups is 1. The maximum atomic E-state index is 13.4. The van der Waals surface area contributed by atoms with Crippen LogP contribution in [0.3, 0.4) is 0 Å². The van der Waals surface area contributed by atoms with Gasteiger partial charge in [0.2, 0.25) is 0 Å². The fourth-order valence-corrected chi connectivity index (χ4v) is 4.65. The molecule has 0 aliphatic carbocycles. The molecule has 2 unspecified atom stereocenters. The maximum Gasteiger partial charge on any atom is 0.260 e. The van der Waals surface area contributed by atoms with Crippen LogP contribution in [0, 0.1) is 0 Å². The van der Waals surface area contributed by atoms with E-state index in [4.69, 9.17) is 0 Å². The first-order valence-corrected chi connectivity index (χ1v) is 9.87. The molecule has 2 aliphatic rings. The smallest absolute Gasteiger partial charge is 0.260 e. The average molecular weight is 369 g/mol. The molecule has 0 saturated heterocycles. The number of para-hydroxylation sites is 2. The number of rotatable bonds is 2. The van der Waals surface area contributed by atoms with Crippen molar-refractivity contribution in [1.82, 2.24) is 4.98 Å². The highest BCUT2D eigenvalue weighted by molar-refractivity contribution is 6.08. The van der Waals surface area contributed by atoms with Crippen molar-refractivity contribution in [3.05, 3.63) is 83.7 Å². The highest BCUT2D eigenvalue weighted by Gasteiger charge is 2.32. The number of pyridine rings is 1. The fraction of sp³-hybridized carbons (Fsp3) is 0.250. The van der Waals surface area contributed by atoms with E-state index in [2.05, 4.69) is 54.1 Å². The summed E-state index contributed by atoms with van der Waals surface area (Å²) in [5, 5.41) is 0. The van der Waals surface area contributed by atoms with Crippen LogP contribution in [0.25, 0.3) is 0 Å². The summed E-state index contributed by atoms with van der Waals surface area (Å²) in [5.41, 5.74) is 6.41. The molecule has 0 N–H and O–H groups in total. The van der Waals surface area contributed by atoms with Crippen LogP contribution in [0.5, 0.6) is 0 Å². The summed E-state index contributed by atoms with van der Waals surface area (Å²) in [5.74, 6) is 0.0203. The zero-order chi connectivity index (χ0) is 19.3. The van der Waals surface area contributed by atoms with Crippen LogP contribution in [-0.4, -0.2) is 23.0 Å². The van der Waals surface area contributed by atoms with Gasteiger partial charge < -0.3 is 9.80 Å². The van der Waals surface area contributed by atoms with Crippen molar-refractivity contribution in [2.24, 2.45) is 0 Å². The lowest BCUT2D eigenvalue weighted by molar-refractivity contribution is 0.0981. The first-order chi connectivity index (χ1) is 13.6. The summed E-state index contributed by atoms with van der Waals surface area (Å²) in [6.07, 6.45) is 5.44. The highest BCUT2D eigenvalue weighted by Crippen LogP contribution is 2.38. The number of anilines is 3. The zero-order valence-electron chi connectivity index (χ0n) is 16.2. The van der Waals surface area contributed by atoms with Gasteiger partial charge in [-0.15, -0.1) is 0 Å². The molecule has 140 valence electrons. The molecule has 1 aromatic heterocycles. The number of carbonyl (C=O) groups excluding carboxylic acids is 1. The van der Waals surface area contributed by atoms with Crippen molar-refractivity contribution in [1.29, 1.82) is 0 Å². The molecule has 0 saturated carbocycles. The molecule has 2 atom stereocenters. The van der Waals surface area contributed by atoms with Crippen molar-refractivity contribution >= 4 is 23.0 Å². The molecule has 3 heterocycles. The van der Waals surface area contributed by atoms with Crippen LogP contribution in [0.2, 0.25) is 0 Å². The first-order valence-electron chi connectivity index (χ1n) is 9.87. The van der Waals surface area contributed by atoms with Gasteiger partial charge in [0.15, 0.2) is 0 Å². The van der Waals surface area contributed by atoms with Crippen LogP contribution in [0.1, 0.15) is 35.3 Å². The molecule has 4 nitrogen and oxygen atoms in total. The van der Waals surface area contributed by atoms with Crippen LogP contribution >= 0.6 is 0 Å². The van der Waals surface area contributed by atoms with Crippen LogP contribution in [0.15, 0.2) is 67.0 Å².